The molecule has 0 spiro atoms. The van der Waals surface area contributed by atoms with Gasteiger partial charge in [0.25, 0.3) is 5.91 Å². The Morgan fingerprint density at radius 1 is 1.07 bits per heavy atom. The lowest BCUT2D eigenvalue weighted by atomic mass is 10.2. The summed E-state index contributed by atoms with van der Waals surface area (Å²) in [6, 6.07) is 10.5. The summed E-state index contributed by atoms with van der Waals surface area (Å²) in [5.74, 6) is -1.15. The minimum Gasteiger partial charge on any atom is -0.265 e. The molecule has 5 nitrogen and oxygen atoms in total. The lowest BCUT2D eigenvalue weighted by Gasteiger charge is -2.11. The molecule has 0 radical (unpaired) electrons. The second kappa shape index (κ2) is 7.50. The summed E-state index contributed by atoms with van der Waals surface area (Å²) >= 11 is 11.7. The van der Waals surface area contributed by atoms with Gasteiger partial charge in [0.05, 0.1) is 22.3 Å². The van der Waals surface area contributed by atoms with Crippen LogP contribution in [0.15, 0.2) is 47.6 Å². The van der Waals surface area contributed by atoms with Crippen LogP contribution in [-0.2, 0) is 6.18 Å². The lowest BCUT2D eigenvalue weighted by molar-refractivity contribution is -0.141. The van der Waals surface area contributed by atoms with Crippen molar-refractivity contribution in [1.29, 1.82) is 0 Å². The topological polar surface area (TPSA) is 67.2 Å². The van der Waals surface area contributed by atoms with E-state index in [0.29, 0.717) is 10.6 Å². The smallest absolute Gasteiger partial charge is 0.265 e. The van der Waals surface area contributed by atoms with Crippen LogP contribution in [0.25, 0.3) is 11.0 Å². The molecule has 1 N–H and O–H groups in total. The number of alkyl halides is 3. The zero-order chi connectivity index (χ0) is 19.6. The molecule has 0 atom stereocenters. The molecule has 0 saturated carbocycles. The summed E-state index contributed by atoms with van der Waals surface area (Å²) in [5.41, 5.74) is 0.335. The summed E-state index contributed by atoms with van der Waals surface area (Å²) in [5, 5.41) is 4.30. The van der Waals surface area contributed by atoms with Gasteiger partial charge in [-0.3, -0.25) is 4.79 Å². The third kappa shape index (κ3) is 4.35. The zero-order valence-corrected chi connectivity index (χ0v) is 14.8. The molecule has 3 rings (SSSR count). The number of fused-ring (bicyclic) bond motifs is 1. The van der Waals surface area contributed by atoms with Gasteiger partial charge in [-0.15, -0.1) is 0 Å². The first-order valence-corrected chi connectivity index (χ1v) is 8.14. The Hall–Kier alpha value is -2.71. The van der Waals surface area contributed by atoms with E-state index in [1.165, 1.54) is 36.5 Å². The lowest BCUT2D eigenvalue weighted by Crippen LogP contribution is -2.25. The summed E-state index contributed by atoms with van der Waals surface area (Å²) in [4.78, 5) is 19.5. The second-order valence-electron chi connectivity index (χ2n) is 5.27. The van der Waals surface area contributed by atoms with Crippen LogP contribution in [0, 0.1) is 0 Å². The fraction of sp³-hybridized carbons (Fsp3) is 0.0588. The first kappa shape index (κ1) is 19.1. The van der Waals surface area contributed by atoms with Crippen LogP contribution < -0.4 is 5.43 Å². The van der Waals surface area contributed by atoms with E-state index >= 15 is 0 Å². The van der Waals surface area contributed by atoms with Crippen molar-refractivity contribution < 1.29 is 18.0 Å². The Balaban J connectivity index is 1.91. The average Bonchev–Trinajstić information content (AvgIpc) is 2.61. The summed E-state index contributed by atoms with van der Waals surface area (Å²) in [6.07, 6.45) is -3.68. The molecule has 0 aliphatic heterocycles. The van der Waals surface area contributed by atoms with Crippen LogP contribution in [0.2, 0.25) is 10.0 Å². The van der Waals surface area contributed by atoms with Gasteiger partial charge < -0.3 is 0 Å². The van der Waals surface area contributed by atoms with Crippen LogP contribution in [0.3, 0.4) is 0 Å². The molecule has 0 bridgehead atoms. The first-order chi connectivity index (χ1) is 12.8. The number of hydrazone groups is 1. The van der Waals surface area contributed by atoms with Gasteiger partial charge in [-0.2, -0.15) is 18.3 Å². The molecule has 0 saturated heterocycles. The number of amides is 1. The number of benzene rings is 2. The number of rotatable bonds is 3. The van der Waals surface area contributed by atoms with Crippen molar-refractivity contribution in [3.05, 3.63) is 69.5 Å². The highest BCUT2D eigenvalue weighted by Gasteiger charge is 2.38. The Labute approximate surface area is 160 Å². The minimum absolute atomic E-state index is 0.0258. The monoisotopic (exact) mass is 412 g/mol. The number of para-hydroxylation sites is 2. The van der Waals surface area contributed by atoms with Gasteiger partial charge in [-0.25, -0.2) is 15.4 Å². The van der Waals surface area contributed by atoms with Crippen molar-refractivity contribution in [3.63, 3.8) is 0 Å². The van der Waals surface area contributed by atoms with E-state index in [2.05, 4.69) is 15.1 Å². The van der Waals surface area contributed by atoms with E-state index in [0.717, 1.165) is 0 Å². The van der Waals surface area contributed by atoms with E-state index in [-0.39, 0.29) is 16.1 Å². The van der Waals surface area contributed by atoms with Gasteiger partial charge in [-0.05, 0) is 24.3 Å². The van der Waals surface area contributed by atoms with Crippen molar-refractivity contribution in [2.75, 3.05) is 0 Å². The number of nitrogens with zero attached hydrogens (tertiary/aromatic N) is 3. The fourth-order valence-corrected chi connectivity index (χ4v) is 2.63. The van der Waals surface area contributed by atoms with Crippen LogP contribution in [0.4, 0.5) is 13.2 Å². The highest BCUT2D eigenvalue weighted by Crippen LogP contribution is 2.31. The number of nitrogens with one attached hydrogen (secondary N) is 1. The van der Waals surface area contributed by atoms with Crippen molar-refractivity contribution >= 4 is 46.4 Å². The minimum atomic E-state index is -4.85. The number of aromatic nitrogens is 2. The normalized spacial score (nSPS) is 11.9. The first-order valence-electron chi connectivity index (χ1n) is 7.38. The van der Waals surface area contributed by atoms with Gasteiger partial charge in [-0.1, -0.05) is 41.4 Å². The molecule has 2 aromatic carbocycles. The molecule has 0 aliphatic rings. The third-order valence-corrected chi connectivity index (χ3v) is 3.95. The maximum Gasteiger partial charge on any atom is 0.435 e. The highest BCUT2D eigenvalue weighted by atomic mass is 35.5. The largest absolute Gasteiger partial charge is 0.435 e. The summed E-state index contributed by atoms with van der Waals surface area (Å²) in [7, 11) is 0. The molecular weight excluding hydrogens is 404 g/mol. The van der Waals surface area contributed by atoms with Crippen molar-refractivity contribution in [1.82, 2.24) is 15.4 Å². The predicted octanol–water partition coefficient (Wildman–Crippen LogP) is 4.72. The van der Waals surface area contributed by atoms with E-state index in [1.54, 1.807) is 12.1 Å². The van der Waals surface area contributed by atoms with E-state index in [4.69, 9.17) is 23.2 Å². The average molecular weight is 413 g/mol. The molecule has 0 fully saturated rings. The van der Waals surface area contributed by atoms with Gasteiger partial charge in [0, 0.05) is 10.6 Å². The number of carbonyl (C=O) groups is 1. The Kier molecular flexibility index (Phi) is 5.29. The van der Waals surface area contributed by atoms with Gasteiger partial charge in [0.15, 0.2) is 11.4 Å². The van der Waals surface area contributed by atoms with E-state index < -0.39 is 23.5 Å². The Morgan fingerprint density at radius 3 is 2.37 bits per heavy atom. The summed E-state index contributed by atoms with van der Waals surface area (Å²) in [6.45, 7) is 0. The van der Waals surface area contributed by atoms with Crippen molar-refractivity contribution in [2.45, 2.75) is 6.18 Å². The molecule has 0 unspecified atom stereocenters. The quantitative estimate of drug-likeness (QED) is 0.499. The molecule has 27 heavy (non-hydrogen) atoms. The fourth-order valence-electron chi connectivity index (χ4n) is 2.18. The summed E-state index contributed by atoms with van der Waals surface area (Å²) < 4.78 is 39.8. The van der Waals surface area contributed by atoms with Crippen LogP contribution in [-0.4, -0.2) is 22.1 Å². The zero-order valence-electron chi connectivity index (χ0n) is 13.3. The number of hydrogen-bond donors (Lipinski definition) is 1. The molecule has 1 heterocycles. The van der Waals surface area contributed by atoms with Gasteiger partial charge in [0.1, 0.15) is 0 Å². The molecular formula is C17H9Cl2F3N4O. The number of halogens is 5. The molecule has 0 aliphatic carbocycles. The molecule has 3 aromatic rings. The highest BCUT2D eigenvalue weighted by molar-refractivity contribution is 6.36. The van der Waals surface area contributed by atoms with Gasteiger partial charge >= 0.3 is 6.18 Å². The van der Waals surface area contributed by atoms with Crippen LogP contribution in [0.5, 0.6) is 0 Å². The van der Waals surface area contributed by atoms with Crippen LogP contribution in [0.1, 0.15) is 21.7 Å². The van der Waals surface area contributed by atoms with Crippen molar-refractivity contribution in [3.8, 4) is 0 Å². The number of carbonyl (C=O) groups excluding carboxylic acids is 1. The standard InChI is InChI=1S/C17H9Cl2F3N4O/c18-10-6-5-9(11(19)7-10)8-23-26-16(27)14-15(17(20,21)22)25-13-4-2-1-3-12(13)24-14/h1-8H,(H,26,27)/b23-8+. The molecule has 138 valence electrons. The van der Waals surface area contributed by atoms with Gasteiger partial charge in [0.2, 0.25) is 0 Å². The molecule has 1 aromatic heterocycles. The maximum atomic E-state index is 13.3. The SMILES string of the molecule is O=C(N/N=C/c1ccc(Cl)cc1Cl)c1nc2ccccc2nc1C(F)(F)F. The molecule has 1 amide bonds. The Bertz CT molecular complexity index is 1050. The number of hydrogen-bond acceptors (Lipinski definition) is 4. The molecule has 10 heteroatoms. The Morgan fingerprint density at radius 2 is 1.74 bits per heavy atom. The second-order valence-corrected chi connectivity index (χ2v) is 6.12. The third-order valence-electron chi connectivity index (χ3n) is 3.39. The van der Waals surface area contributed by atoms with Crippen LogP contribution >= 0.6 is 23.2 Å². The van der Waals surface area contributed by atoms with E-state index in [9.17, 15) is 18.0 Å². The predicted molar refractivity (Wildman–Crippen MR) is 96.1 cm³/mol. The van der Waals surface area contributed by atoms with Crippen molar-refractivity contribution in [2.24, 2.45) is 5.10 Å². The maximum absolute atomic E-state index is 13.3. The van der Waals surface area contributed by atoms with E-state index in [1.807, 2.05) is 5.43 Å².